The van der Waals surface area contributed by atoms with Gasteiger partial charge in [0.1, 0.15) is 0 Å². The normalized spacial score (nSPS) is 29.7. The van der Waals surface area contributed by atoms with Crippen LogP contribution in [0.3, 0.4) is 0 Å². The molecule has 2 aliphatic rings. The average molecular weight is 237 g/mol. The second kappa shape index (κ2) is 6.42. The van der Waals surface area contributed by atoms with E-state index < -0.39 is 0 Å². The van der Waals surface area contributed by atoms with E-state index in [1.807, 2.05) is 0 Å². The van der Waals surface area contributed by atoms with Crippen LogP contribution in [0.25, 0.3) is 0 Å². The van der Waals surface area contributed by atoms with Crippen LogP contribution in [0, 0.1) is 11.8 Å². The van der Waals surface area contributed by atoms with Gasteiger partial charge in [0.2, 0.25) is 5.91 Å². The lowest BCUT2D eigenvalue weighted by atomic mass is 9.96. The van der Waals surface area contributed by atoms with Gasteiger partial charge in [-0.25, -0.2) is 0 Å². The number of carbonyl (C=O) groups excluding carboxylic acids is 1. The van der Waals surface area contributed by atoms with E-state index in [9.17, 15) is 4.79 Å². The van der Waals surface area contributed by atoms with Gasteiger partial charge >= 0.3 is 0 Å². The molecule has 0 saturated heterocycles. The molecule has 0 radical (unpaired) electrons. The predicted octanol–water partition coefficient (Wildman–Crippen LogP) is 3.65. The molecule has 2 unspecified atom stereocenters. The molecule has 2 aliphatic carbocycles. The number of amides is 1. The van der Waals surface area contributed by atoms with Gasteiger partial charge < -0.3 is 5.32 Å². The molecule has 17 heavy (non-hydrogen) atoms. The molecule has 0 aromatic rings. The van der Waals surface area contributed by atoms with Gasteiger partial charge in [0.15, 0.2) is 0 Å². The van der Waals surface area contributed by atoms with E-state index >= 15 is 0 Å². The molecule has 2 saturated carbocycles. The van der Waals surface area contributed by atoms with Gasteiger partial charge in [-0.2, -0.15) is 0 Å². The minimum absolute atomic E-state index is 0.336. The zero-order chi connectivity index (χ0) is 12.1. The molecule has 0 aliphatic heterocycles. The van der Waals surface area contributed by atoms with Gasteiger partial charge in [-0.3, -0.25) is 4.79 Å². The highest BCUT2D eigenvalue weighted by Crippen LogP contribution is 2.31. The molecule has 1 amide bonds. The van der Waals surface area contributed by atoms with Gasteiger partial charge in [-0.05, 0) is 38.0 Å². The van der Waals surface area contributed by atoms with Crippen molar-refractivity contribution >= 4 is 5.91 Å². The van der Waals surface area contributed by atoms with Gasteiger partial charge in [-0.15, -0.1) is 0 Å². The molecule has 98 valence electrons. The zero-order valence-corrected chi connectivity index (χ0v) is 11.2. The van der Waals surface area contributed by atoms with Crippen molar-refractivity contribution < 1.29 is 4.79 Å². The molecule has 2 atom stereocenters. The molecular formula is C15H27NO. The summed E-state index contributed by atoms with van der Waals surface area (Å²) in [5, 5.41) is 3.34. The van der Waals surface area contributed by atoms with Crippen molar-refractivity contribution in [3.63, 3.8) is 0 Å². The topological polar surface area (TPSA) is 29.1 Å². The van der Waals surface area contributed by atoms with E-state index in [1.165, 1.54) is 51.4 Å². The molecule has 0 aromatic heterocycles. The monoisotopic (exact) mass is 237 g/mol. The minimum Gasteiger partial charge on any atom is -0.353 e. The maximum atomic E-state index is 12.1. The molecule has 2 nitrogen and oxygen atoms in total. The minimum atomic E-state index is 0.336. The maximum Gasteiger partial charge on any atom is 0.223 e. The molecule has 0 bridgehead atoms. The SMILES string of the molecule is CCCCC1CCCC1NC(=O)C1CCCC1. The largest absolute Gasteiger partial charge is 0.353 e. The summed E-state index contributed by atoms with van der Waals surface area (Å²) in [6.07, 6.45) is 12.5. The number of carbonyl (C=O) groups is 1. The van der Waals surface area contributed by atoms with Crippen LogP contribution in [0.5, 0.6) is 0 Å². The first-order chi connectivity index (χ1) is 8.31. The van der Waals surface area contributed by atoms with E-state index in [1.54, 1.807) is 0 Å². The van der Waals surface area contributed by atoms with Crippen molar-refractivity contribution in [2.45, 2.75) is 77.2 Å². The summed E-state index contributed by atoms with van der Waals surface area (Å²) >= 11 is 0. The summed E-state index contributed by atoms with van der Waals surface area (Å²) in [5.41, 5.74) is 0. The molecular weight excluding hydrogens is 210 g/mol. The molecule has 0 spiro atoms. The highest BCUT2D eigenvalue weighted by Gasteiger charge is 2.30. The van der Waals surface area contributed by atoms with Crippen LogP contribution in [0.15, 0.2) is 0 Å². The van der Waals surface area contributed by atoms with Gasteiger partial charge in [-0.1, -0.05) is 39.0 Å². The van der Waals surface area contributed by atoms with Gasteiger partial charge in [0.05, 0.1) is 0 Å². The van der Waals surface area contributed by atoms with Crippen LogP contribution in [0.1, 0.15) is 71.1 Å². The first-order valence-corrected chi connectivity index (χ1v) is 7.61. The van der Waals surface area contributed by atoms with E-state index in [2.05, 4.69) is 12.2 Å². The third kappa shape index (κ3) is 3.46. The molecule has 2 fully saturated rings. The molecule has 1 N–H and O–H groups in total. The fraction of sp³-hybridized carbons (Fsp3) is 0.933. The summed E-state index contributed by atoms with van der Waals surface area (Å²) in [7, 11) is 0. The Hall–Kier alpha value is -0.530. The molecule has 2 rings (SSSR count). The Balaban J connectivity index is 1.78. The second-order valence-corrected chi connectivity index (χ2v) is 5.93. The highest BCUT2D eigenvalue weighted by atomic mass is 16.1. The number of rotatable bonds is 5. The van der Waals surface area contributed by atoms with E-state index in [0.29, 0.717) is 17.9 Å². The maximum absolute atomic E-state index is 12.1. The van der Waals surface area contributed by atoms with Crippen LogP contribution in [-0.2, 0) is 4.79 Å². The summed E-state index contributed by atoms with van der Waals surface area (Å²) in [6.45, 7) is 2.25. The van der Waals surface area contributed by atoms with Crippen molar-refractivity contribution in [3.8, 4) is 0 Å². The van der Waals surface area contributed by atoms with E-state index in [-0.39, 0.29) is 0 Å². The summed E-state index contributed by atoms with van der Waals surface area (Å²) in [4.78, 5) is 12.1. The van der Waals surface area contributed by atoms with Crippen LogP contribution in [0.2, 0.25) is 0 Å². The first-order valence-electron chi connectivity index (χ1n) is 7.61. The Morgan fingerprint density at radius 1 is 1.12 bits per heavy atom. The number of hydrogen-bond acceptors (Lipinski definition) is 1. The molecule has 0 aromatic carbocycles. The Bertz CT molecular complexity index is 245. The number of unbranched alkanes of at least 4 members (excludes halogenated alkanes) is 1. The van der Waals surface area contributed by atoms with Crippen LogP contribution >= 0.6 is 0 Å². The van der Waals surface area contributed by atoms with E-state index in [4.69, 9.17) is 0 Å². The second-order valence-electron chi connectivity index (χ2n) is 5.93. The third-order valence-corrected chi connectivity index (χ3v) is 4.64. The lowest BCUT2D eigenvalue weighted by molar-refractivity contribution is -0.125. The Morgan fingerprint density at radius 3 is 2.59 bits per heavy atom. The highest BCUT2D eigenvalue weighted by molar-refractivity contribution is 5.79. The van der Waals surface area contributed by atoms with Crippen molar-refractivity contribution in [1.29, 1.82) is 0 Å². The van der Waals surface area contributed by atoms with Crippen LogP contribution in [0.4, 0.5) is 0 Å². The Morgan fingerprint density at radius 2 is 1.88 bits per heavy atom. The predicted molar refractivity (Wildman–Crippen MR) is 70.8 cm³/mol. The van der Waals surface area contributed by atoms with Crippen molar-refractivity contribution in [2.24, 2.45) is 11.8 Å². The zero-order valence-electron chi connectivity index (χ0n) is 11.2. The fourth-order valence-corrected chi connectivity index (χ4v) is 3.53. The van der Waals surface area contributed by atoms with Crippen molar-refractivity contribution in [2.75, 3.05) is 0 Å². The summed E-state index contributed by atoms with van der Waals surface area (Å²) in [6, 6.07) is 0.495. The fourth-order valence-electron chi connectivity index (χ4n) is 3.53. The average Bonchev–Trinajstić information content (AvgIpc) is 2.97. The lowest BCUT2D eigenvalue weighted by Crippen LogP contribution is -2.40. The molecule has 2 heteroatoms. The number of nitrogens with one attached hydrogen (secondary N) is 1. The first kappa shape index (κ1) is 12.9. The Labute approximate surface area is 106 Å². The van der Waals surface area contributed by atoms with Gasteiger partial charge in [0.25, 0.3) is 0 Å². The van der Waals surface area contributed by atoms with Crippen LogP contribution in [-0.4, -0.2) is 11.9 Å². The van der Waals surface area contributed by atoms with Crippen LogP contribution < -0.4 is 5.32 Å². The number of hydrogen-bond donors (Lipinski definition) is 1. The third-order valence-electron chi connectivity index (χ3n) is 4.64. The summed E-state index contributed by atoms with van der Waals surface area (Å²) < 4.78 is 0. The lowest BCUT2D eigenvalue weighted by Gasteiger charge is -2.22. The molecule has 0 heterocycles. The van der Waals surface area contributed by atoms with Crippen molar-refractivity contribution in [1.82, 2.24) is 5.32 Å². The standard InChI is InChI=1S/C15H27NO/c1-2-3-7-12-10-6-11-14(12)16-15(17)13-8-4-5-9-13/h12-14H,2-11H2,1H3,(H,16,17). The quantitative estimate of drug-likeness (QED) is 0.777. The smallest absolute Gasteiger partial charge is 0.223 e. The Kier molecular flexibility index (Phi) is 4.87. The summed E-state index contributed by atoms with van der Waals surface area (Å²) in [5.74, 6) is 1.46. The van der Waals surface area contributed by atoms with Gasteiger partial charge in [0, 0.05) is 12.0 Å². The van der Waals surface area contributed by atoms with Crippen molar-refractivity contribution in [3.05, 3.63) is 0 Å². The van der Waals surface area contributed by atoms with E-state index in [0.717, 1.165) is 18.8 Å².